The second kappa shape index (κ2) is 5.96. The number of nitrogens with zero attached hydrogens (tertiary/aromatic N) is 1. The molecule has 0 saturated heterocycles. The molecule has 6 heteroatoms. The molecule has 1 aromatic heterocycles. The van der Waals surface area contributed by atoms with Gasteiger partial charge < -0.3 is 9.73 Å². The summed E-state index contributed by atoms with van der Waals surface area (Å²) in [5.74, 6) is 1.27. The summed E-state index contributed by atoms with van der Waals surface area (Å²) in [7, 11) is 1.42. The lowest BCUT2D eigenvalue weighted by Gasteiger charge is -2.19. The fourth-order valence-corrected chi connectivity index (χ4v) is 1.58. The van der Waals surface area contributed by atoms with Gasteiger partial charge in [-0.3, -0.25) is 4.90 Å². The summed E-state index contributed by atoms with van der Waals surface area (Å²) in [6.07, 6.45) is -4.18. The Labute approximate surface area is 111 Å². The minimum atomic E-state index is -4.18. The average Bonchev–Trinajstić information content (AvgIpc) is 2.58. The fraction of sp³-hybridized carbons (Fsp3) is 0.692. The predicted molar refractivity (Wildman–Crippen MR) is 67.7 cm³/mol. The van der Waals surface area contributed by atoms with Crippen molar-refractivity contribution in [1.29, 1.82) is 0 Å². The summed E-state index contributed by atoms with van der Waals surface area (Å²) in [5, 5.41) is 3.26. The van der Waals surface area contributed by atoms with Crippen LogP contribution in [0.5, 0.6) is 0 Å². The van der Waals surface area contributed by atoms with Gasteiger partial charge in [-0.2, -0.15) is 13.2 Å². The minimum Gasteiger partial charge on any atom is -0.463 e. The maximum atomic E-state index is 12.2. The molecule has 0 spiro atoms. The third-order valence-corrected chi connectivity index (χ3v) is 2.39. The van der Waals surface area contributed by atoms with Crippen LogP contribution in [0.3, 0.4) is 0 Å². The first-order valence-electron chi connectivity index (χ1n) is 6.13. The molecule has 1 rings (SSSR count). The molecule has 3 nitrogen and oxygen atoms in total. The van der Waals surface area contributed by atoms with E-state index < -0.39 is 12.7 Å². The van der Waals surface area contributed by atoms with Gasteiger partial charge in [0, 0.05) is 5.54 Å². The van der Waals surface area contributed by atoms with Crippen molar-refractivity contribution in [2.75, 3.05) is 13.6 Å². The maximum absolute atomic E-state index is 12.2. The van der Waals surface area contributed by atoms with E-state index in [1.54, 1.807) is 12.1 Å². The number of nitrogens with one attached hydrogen (secondary N) is 1. The number of furan rings is 1. The topological polar surface area (TPSA) is 28.4 Å². The molecule has 0 amide bonds. The van der Waals surface area contributed by atoms with E-state index in [0.717, 1.165) is 5.76 Å². The molecule has 0 fully saturated rings. The number of rotatable bonds is 5. The van der Waals surface area contributed by atoms with Crippen molar-refractivity contribution in [2.45, 2.75) is 45.6 Å². The van der Waals surface area contributed by atoms with E-state index in [1.807, 2.05) is 20.8 Å². The molecule has 19 heavy (non-hydrogen) atoms. The van der Waals surface area contributed by atoms with Gasteiger partial charge in [-0.15, -0.1) is 0 Å². The van der Waals surface area contributed by atoms with Gasteiger partial charge in [0.05, 0.1) is 19.6 Å². The molecule has 0 saturated carbocycles. The van der Waals surface area contributed by atoms with E-state index in [0.29, 0.717) is 12.3 Å². The number of hydrogen-bond donors (Lipinski definition) is 1. The van der Waals surface area contributed by atoms with Gasteiger partial charge in [0.1, 0.15) is 11.5 Å². The zero-order valence-electron chi connectivity index (χ0n) is 11.8. The molecule has 0 aliphatic carbocycles. The molecule has 0 aliphatic rings. The summed E-state index contributed by atoms with van der Waals surface area (Å²) in [4.78, 5) is 1.18. The summed E-state index contributed by atoms with van der Waals surface area (Å²) >= 11 is 0. The van der Waals surface area contributed by atoms with Crippen LogP contribution in [0.2, 0.25) is 0 Å². The third kappa shape index (κ3) is 7.22. The van der Waals surface area contributed by atoms with Crippen LogP contribution >= 0.6 is 0 Å². The fourth-order valence-electron chi connectivity index (χ4n) is 1.58. The Bertz CT molecular complexity index is 393. The Kier molecular flexibility index (Phi) is 5.04. The van der Waals surface area contributed by atoms with E-state index in [9.17, 15) is 13.2 Å². The highest BCUT2D eigenvalue weighted by Crippen LogP contribution is 2.18. The lowest BCUT2D eigenvalue weighted by Crippen LogP contribution is -2.34. The molecule has 0 unspecified atom stereocenters. The molecule has 0 bridgehead atoms. The SMILES string of the molecule is CN(Cc1ccc(CNC(C)(C)C)o1)CC(F)(F)F. The summed E-state index contributed by atoms with van der Waals surface area (Å²) in [6, 6.07) is 3.50. The van der Waals surface area contributed by atoms with Gasteiger partial charge >= 0.3 is 6.18 Å². The summed E-state index contributed by atoms with van der Waals surface area (Å²) in [6.45, 7) is 5.88. The van der Waals surface area contributed by atoms with Crippen molar-refractivity contribution in [3.05, 3.63) is 23.7 Å². The second-order valence-electron chi connectivity index (χ2n) is 5.76. The van der Waals surface area contributed by atoms with Gasteiger partial charge in [-0.25, -0.2) is 0 Å². The predicted octanol–water partition coefficient (Wildman–Crippen LogP) is 3.16. The highest BCUT2D eigenvalue weighted by molar-refractivity contribution is 5.07. The van der Waals surface area contributed by atoms with Crippen LogP contribution in [-0.2, 0) is 13.1 Å². The first kappa shape index (κ1) is 16.0. The smallest absolute Gasteiger partial charge is 0.401 e. The van der Waals surface area contributed by atoms with Crippen LogP contribution in [0, 0.1) is 0 Å². The minimum absolute atomic E-state index is 0.0277. The van der Waals surface area contributed by atoms with E-state index >= 15 is 0 Å². The molecule has 1 heterocycles. The molecular weight excluding hydrogens is 257 g/mol. The van der Waals surface area contributed by atoms with Crippen LogP contribution in [0.15, 0.2) is 16.5 Å². The van der Waals surface area contributed by atoms with Crippen molar-refractivity contribution in [3.63, 3.8) is 0 Å². The number of halogens is 3. The molecule has 110 valence electrons. The van der Waals surface area contributed by atoms with Crippen molar-refractivity contribution >= 4 is 0 Å². The van der Waals surface area contributed by atoms with E-state index in [2.05, 4.69) is 5.32 Å². The highest BCUT2D eigenvalue weighted by Gasteiger charge is 2.29. The van der Waals surface area contributed by atoms with Crippen molar-refractivity contribution in [1.82, 2.24) is 10.2 Å². The van der Waals surface area contributed by atoms with Gasteiger partial charge in [-0.05, 0) is 40.0 Å². The lowest BCUT2D eigenvalue weighted by molar-refractivity contribution is -0.144. The molecule has 0 atom stereocenters. The van der Waals surface area contributed by atoms with Crippen LogP contribution in [0.4, 0.5) is 13.2 Å². The van der Waals surface area contributed by atoms with Crippen LogP contribution in [0.25, 0.3) is 0 Å². The molecular formula is C13H21F3N2O. The molecule has 1 aromatic rings. The monoisotopic (exact) mass is 278 g/mol. The Morgan fingerprint density at radius 3 is 2.26 bits per heavy atom. The Morgan fingerprint density at radius 2 is 1.74 bits per heavy atom. The van der Waals surface area contributed by atoms with Gasteiger partial charge in [0.25, 0.3) is 0 Å². The number of alkyl halides is 3. The quantitative estimate of drug-likeness (QED) is 0.896. The second-order valence-corrected chi connectivity index (χ2v) is 5.76. The van der Waals surface area contributed by atoms with E-state index in [4.69, 9.17) is 4.42 Å². The first-order chi connectivity index (χ1) is 8.55. The molecule has 0 aliphatic heterocycles. The van der Waals surface area contributed by atoms with Gasteiger partial charge in [0.15, 0.2) is 0 Å². The average molecular weight is 278 g/mol. The Balaban J connectivity index is 2.46. The Morgan fingerprint density at radius 1 is 1.16 bits per heavy atom. The normalized spacial score (nSPS) is 13.3. The molecule has 0 aromatic carbocycles. The van der Waals surface area contributed by atoms with Crippen LogP contribution in [0.1, 0.15) is 32.3 Å². The van der Waals surface area contributed by atoms with E-state index in [-0.39, 0.29) is 12.1 Å². The summed E-state index contributed by atoms with van der Waals surface area (Å²) < 4.78 is 42.0. The zero-order valence-corrected chi connectivity index (χ0v) is 11.8. The summed E-state index contributed by atoms with van der Waals surface area (Å²) in [5.41, 5.74) is -0.0277. The van der Waals surface area contributed by atoms with Crippen LogP contribution in [-0.4, -0.2) is 30.2 Å². The highest BCUT2D eigenvalue weighted by atomic mass is 19.4. The Hall–Kier alpha value is -1.01. The third-order valence-electron chi connectivity index (χ3n) is 2.39. The van der Waals surface area contributed by atoms with Crippen molar-refractivity contribution in [3.8, 4) is 0 Å². The van der Waals surface area contributed by atoms with Crippen molar-refractivity contribution in [2.24, 2.45) is 0 Å². The first-order valence-corrected chi connectivity index (χ1v) is 6.13. The molecule has 0 radical (unpaired) electrons. The largest absolute Gasteiger partial charge is 0.463 e. The van der Waals surface area contributed by atoms with Crippen LogP contribution < -0.4 is 5.32 Å². The maximum Gasteiger partial charge on any atom is 0.401 e. The van der Waals surface area contributed by atoms with E-state index in [1.165, 1.54) is 11.9 Å². The standard InChI is InChI=1S/C13H21F3N2O/c1-12(2,3)17-7-10-5-6-11(19-10)8-18(4)9-13(14,15)16/h5-6,17H,7-9H2,1-4H3. The zero-order chi connectivity index (χ0) is 14.7. The lowest BCUT2D eigenvalue weighted by atomic mass is 10.1. The van der Waals surface area contributed by atoms with Gasteiger partial charge in [-0.1, -0.05) is 0 Å². The van der Waals surface area contributed by atoms with Gasteiger partial charge in [0.2, 0.25) is 0 Å². The number of hydrogen-bond acceptors (Lipinski definition) is 3. The van der Waals surface area contributed by atoms with Crippen molar-refractivity contribution < 1.29 is 17.6 Å². The molecule has 1 N–H and O–H groups in total.